The Morgan fingerprint density at radius 3 is 2.72 bits per heavy atom. The van der Waals surface area contributed by atoms with E-state index in [1.54, 1.807) is 25.1 Å². The van der Waals surface area contributed by atoms with Crippen LogP contribution in [0.15, 0.2) is 18.2 Å². The first-order valence-electron chi connectivity index (χ1n) is 8.51. The molecule has 0 radical (unpaired) electrons. The van der Waals surface area contributed by atoms with Gasteiger partial charge in [-0.15, -0.1) is 0 Å². The van der Waals surface area contributed by atoms with Crippen LogP contribution in [-0.2, 0) is 27.4 Å². The average Bonchev–Trinajstić information content (AvgIpc) is 2.94. The molecule has 0 saturated carbocycles. The monoisotopic (exact) mass is 343 g/mol. The molecule has 0 fully saturated rings. The Kier molecular flexibility index (Phi) is 4.88. The third-order valence-corrected chi connectivity index (χ3v) is 4.40. The molecule has 2 aromatic rings. The number of esters is 2. The largest absolute Gasteiger partial charge is 0.461 e. The highest BCUT2D eigenvalue weighted by Gasteiger charge is 2.24. The number of Topliss-reactive ketones (excluding diaryl/α,β-unsaturated/α-hetero) is 1. The summed E-state index contributed by atoms with van der Waals surface area (Å²) in [6.07, 6.45) is 2.10. The van der Waals surface area contributed by atoms with E-state index in [-0.39, 0.29) is 25.0 Å². The molecule has 0 amide bonds. The molecule has 0 spiro atoms. The van der Waals surface area contributed by atoms with E-state index in [9.17, 15) is 14.4 Å². The van der Waals surface area contributed by atoms with E-state index in [0.29, 0.717) is 24.2 Å². The fourth-order valence-corrected chi connectivity index (χ4v) is 3.26. The normalized spacial score (nSPS) is 14.1. The van der Waals surface area contributed by atoms with Gasteiger partial charge in [0.05, 0.1) is 12.1 Å². The van der Waals surface area contributed by atoms with E-state index in [2.05, 4.69) is 0 Å². The second-order valence-corrected chi connectivity index (χ2v) is 6.10. The Hall–Kier alpha value is -2.63. The van der Waals surface area contributed by atoms with Crippen molar-refractivity contribution in [3.63, 3.8) is 0 Å². The second-order valence-electron chi connectivity index (χ2n) is 6.10. The van der Waals surface area contributed by atoms with E-state index in [1.165, 1.54) is 6.92 Å². The third kappa shape index (κ3) is 3.29. The number of hydrogen-bond donors (Lipinski definition) is 0. The SMILES string of the molecule is CCOC(=O)c1cc2c(COC(C)=O)ccc3c2n1CCCCC3=O. The number of aromatic nitrogens is 1. The van der Waals surface area contributed by atoms with Crippen molar-refractivity contribution in [3.8, 4) is 0 Å². The second kappa shape index (κ2) is 7.09. The minimum absolute atomic E-state index is 0.0681. The van der Waals surface area contributed by atoms with Gasteiger partial charge in [-0.3, -0.25) is 9.59 Å². The zero-order valence-electron chi connectivity index (χ0n) is 14.5. The molecule has 0 N–H and O–H groups in total. The van der Waals surface area contributed by atoms with Gasteiger partial charge in [-0.25, -0.2) is 4.79 Å². The molecular formula is C19H21NO5. The van der Waals surface area contributed by atoms with Crippen LogP contribution in [0, 0.1) is 0 Å². The fraction of sp³-hybridized carbons (Fsp3) is 0.421. The average molecular weight is 343 g/mol. The molecule has 0 unspecified atom stereocenters. The lowest BCUT2D eigenvalue weighted by Gasteiger charge is -2.16. The van der Waals surface area contributed by atoms with E-state index in [1.807, 2.05) is 4.57 Å². The molecule has 25 heavy (non-hydrogen) atoms. The van der Waals surface area contributed by atoms with Crippen molar-refractivity contribution in [1.29, 1.82) is 0 Å². The summed E-state index contributed by atoms with van der Waals surface area (Å²) in [5.41, 5.74) is 2.55. The van der Waals surface area contributed by atoms with Gasteiger partial charge in [0.25, 0.3) is 0 Å². The maximum Gasteiger partial charge on any atom is 0.354 e. The summed E-state index contributed by atoms with van der Waals surface area (Å²) in [6.45, 7) is 4.14. The van der Waals surface area contributed by atoms with Gasteiger partial charge in [0.2, 0.25) is 0 Å². The summed E-state index contributed by atoms with van der Waals surface area (Å²) in [4.78, 5) is 36.0. The van der Waals surface area contributed by atoms with Crippen LogP contribution in [0.2, 0.25) is 0 Å². The summed E-state index contributed by atoms with van der Waals surface area (Å²) in [7, 11) is 0. The zero-order chi connectivity index (χ0) is 18.0. The van der Waals surface area contributed by atoms with Crippen molar-refractivity contribution >= 4 is 28.6 Å². The van der Waals surface area contributed by atoms with Crippen LogP contribution in [-0.4, -0.2) is 28.9 Å². The number of ether oxygens (including phenoxy) is 2. The van der Waals surface area contributed by atoms with Crippen molar-refractivity contribution in [2.24, 2.45) is 0 Å². The van der Waals surface area contributed by atoms with Gasteiger partial charge in [0.1, 0.15) is 12.3 Å². The molecule has 2 heterocycles. The van der Waals surface area contributed by atoms with Gasteiger partial charge < -0.3 is 14.0 Å². The number of carbonyl (C=O) groups excluding carboxylic acids is 3. The smallest absolute Gasteiger partial charge is 0.354 e. The van der Waals surface area contributed by atoms with Gasteiger partial charge in [0.15, 0.2) is 5.78 Å². The van der Waals surface area contributed by atoms with E-state index >= 15 is 0 Å². The van der Waals surface area contributed by atoms with Crippen molar-refractivity contribution in [2.45, 2.75) is 46.3 Å². The number of rotatable bonds is 4. The lowest BCUT2D eigenvalue weighted by molar-refractivity contribution is -0.142. The van der Waals surface area contributed by atoms with Gasteiger partial charge in [-0.2, -0.15) is 0 Å². The molecule has 1 aliphatic heterocycles. The lowest BCUT2D eigenvalue weighted by Crippen LogP contribution is -2.15. The predicted octanol–water partition coefficient (Wildman–Crippen LogP) is 3.25. The summed E-state index contributed by atoms with van der Waals surface area (Å²) in [6, 6.07) is 5.30. The Bertz CT molecular complexity index is 849. The van der Waals surface area contributed by atoms with Gasteiger partial charge >= 0.3 is 11.9 Å². The molecule has 0 aliphatic carbocycles. The predicted molar refractivity (Wildman–Crippen MR) is 91.5 cm³/mol. The van der Waals surface area contributed by atoms with Crippen molar-refractivity contribution in [3.05, 3.63) is 35.0 Å². The highest BCUT2D eigenvalue weighted by molar-refractivity contribution is 6.10. The molecule has 0 atom stereocenters. The highest BCUT2D eigenvalue weighted by Crippen LogP contribution is 2.31. The Labute approximate surface area is 145 Å². The molecule has 1 aromatic heterocycles. The maximum absolute atomic E-state index is 12.5. The van der Waals surface area contributed by atoms with Crippen LogP contribution >= 0.6 is 0 Å². The minimum atomic E-state index is -0.406. The molecule has 6 nitrogen and oxygen atoms in total. The molecular weight excluding hydrogens is 322 g/mol. The van der Waals surface area contributed by atoms with Crippen molar-refractivity contribution < 1.29 is 23.9 Å². The number of carbonyl (C=O) groups is 3. The summed E-state index contributed by atoms with van der Waals surface area (Å²) < 4.78 is 12.2. The van der Waals surface area contributed by atoms with E-state index in [4.69, 9.17) is 9.47 Å². The zero-order valence-corrected chi connectivity index (χ0v) is 14.5. The number of ketones is 1. The van der Waals surface area contributed by atoms with Crippen LogP contribution in [0.4, 0.5) is 0 Å². The summed E-state index contributed by atoms with van der Waals surface area (Å²) in [5, 5.41) is 0.761. The van der Waals surface area contributed by atoms with Crippen molar-refractivity contribution in [1.82, 2.24) is 4.57 Å². The van der Waals surface area contributed by atoms with Crippen LogP contribution in [0.25, 0.3) is 10.9 Å². The lowest BCUT2D eigenvalue weighted by atomic mass is 9.99. The number of benzene rings is 1. The molecule has 1 aromatic carbocycles. The number of hydrogen-bond acceptors (Lipinski definition) is 5. The van der Waals surface area contributed by atoms with Crippen molar-refractivity contribution in [2.75, 3.05) is 6.61 Å². The van der Waals surface area contributed by atoms with Crippen LogP contribution in [0.3, 0.4) is 0 Å². The Balaban J connectivity index is 2.21. The van der Waals surface area contributed by atoms with Crippen LogP contribution in [0.5, 0.6) is 0 Å². The summed E-state index contributed by atoms with van der Waals surface area (Å²) >= 11 is 0. The third-order valence-electron chi connectivity index (χ3n) is 4.40. The first-order valence-corrected chi connectivity index (χ1v) is 8.51. The molecule has 132 valence electrons. The fourth-order valence-electron chi connectivity index (χ4n) is 3.26. The topological polar surface area (TPSA) is 74.6 Å². The number of nitrogens with zero attached hydrogens (tertiary/aromatic N) is 1. The van der Waals surface area contributed by atoms with E-state index < -0.39 is 5.97 Å². The van der Waals surface area contributed by atoms with E-state index in [0.717, 1.165) is 29.3 Å². The first-order chi connectivity index (χ1) is 12.0. The molecule has 3 rings (SSSR count). The molecule has 0 saturated heterocycles. The standard InChI is InChI=1S/C19H21NO5/c1-3-24-19(23)16-10-15-13(11-25-12(2)21)7-8-14-17(22)6-4-5-9-20(16)18(14)15/h7-8,10H,3-6,9,11H2,1-2H3. The minimum Gasteiger partial charge on any atom is -0.461 e. The molecule has 0 bridgehead atoms. The first kappa shape index (κ1) is 17.2. The van der Waals surface area contributed by atoms with Gasteiger partial charge in [-0.05, 0) is 37.5 Å². The summed E-state index contributed by atoms with van der Waals surface area (Å²) in [5.74, 6) is -0.714. The number of aryl methyl sites for hydroxylation is 1. The van der Waals surface area contributed by atoms with Crippen LogP contribution < -0.4 is 0 Å². The Morgan fingerprint density at radius 1 is 1.20 bits per heavy atom. The Morgan fingerprint density at radius 2 is 2.00 bits per heavy atom. The molecule has 1 aliphatic rings. The highest BCUT2D eigenvalue weighted by atomic mass is 16.5. The van der Waals surface area contributed by atoms with Crippen LogP contribution in [0.1, 0.15) is 59.5 Å². The van der Waals surface area contributed by atoms with Gasteiger partial charge in [0, 0.05) is 30.8 Å². The molecule has 6 heteroatoms. The quantitative estimate of drug-likeness (QED) is 0.797. The maximum atomic E-state index is 12.5. The van der Waals surface area contributed by atoms with Gasteiger partial charge in [-0.1, -0.05) is 6.07 Å².